The Morgan fingerprint density at radius 3 is 1.44 bits per heavy atom. The highest BCUT2D eigenvalue weighted by atomic mass is 15.0. The second-order valence-corrected chi connectivity index (χ2v) is 13.7. The number of fused-ring (bicyclic) bond motifs is 8. The van der Waals surface area contributed by atoms with Gasteiger partial charge in [-0.2, -0.15) is 0 Å². The first kappa shape index (κ1) is 30.3. The van der Waals surface area contributed by atoms with E-state index < -0.39 is 0 Å². The van der Waals surface area contributed by atoms with Crippen LogP contribution >= 0.6 is 0 Å². The van der Waals surface area contributed by atoms with E-state index in [4.69, 9.17) is 15.0 Å². The average molecular weight is 690 g/mol. The lowest BCUT2D eigenvalue weighted by Crippen LogP contribution is -2.00. The van der Waals surface area contributed by atoms with Crippen molar-refractivity contribution in [1.82, 2.24) is 24.1 Å². The third-order valence-corrected chi connectivity index (χ3v) is 10.5. The van der Waals surface area contributed by atoms with E-state index in [-0.39, 0.29) is 0 Å². The zero-order valence-corrected chi connectivity index (χ0v) is 29.1. The third kappa shape index (κ3) is 4.76. The van der Waals surface area contributed by atoms with Gasteiger partial charge in [0.05, 0.1) is 22.1 Å². The summed E-state index contributed by atoms with van der Waals surface area (Å²) < 4.78 is 4.81. The fourth-order valence-electron chi connectivity index (χ4n) is 8.08. The molecule has 3 heterocycles. The molecule has 3 aromatic heterocycles. The van der Waals surface area contributed by atoms with Gasteiger partial charge in [-0.25, -0.2) is 15.0 Å². The molecule has 5 nitrogen and oxygen atoms in total. The van der Waals surface area contributed by atoms with Gasteiger partial charge in [-0.1, -0.05) is 127 Å². The number of aromatic nitrogens is 5. The molecule has 54 heavy (non-hydrogen) atoms. The van der Waals surface area contributed by atoms with Gasteiger partial charge in [0.15, 0.2) is 17.5 Å². The Morgan fingerprint density at radius 1 is 0.296 bits per heavy atom. The zero-order chi connectivity index (χ0) is 35.6. The van der Waals surface area contributed by atoms with Crippen molar-refractivity contribution in [3.63, 3.8) is 0 Å². The average Bonchev–Trinajstić information content (AvgIpc) is 3.76. The summed E-state index contributed by atoms with van der Waals surface area (Å²) >= 11 is 0. The lowest BCUT2D eigenvalue weighted by Gasteiger charge is -2.11. The molecule has 11 rings (SSSR count). The van der Waals surface area contributed by atoms with Gasteiger partial charge in [0.1, 0.15) is 0 Å². The molecule has 0 fully saturated rings. The van der Waals surface area contributed by atoms with Gasteiger partial charge in [0.25, 0.3) is 0 Å². The Kier molecular flexibility index (Phi) is 6.79. The molecular weight excluding hydrogens is 659 g/mol. The Labute approximate surface area is 311 Å². The summed E-state index contributed by atoms with van der Waals surface area (Å²) in [7, 11) is 0. The first-order chi connectivity index (χ1) is 26.8. The van der Waals surface area contributed by atoms with Crippen molar-refractivity contribution in [3.8, 4) is 45.5 Å². The minimum atomic E-state index is 0.638. The van der Waals surface area contributed by atoms with Crippen molar-refractivity contribution in [1.29, 1.82) is 0 Å². The molecule has 11 aromatic rings. The van der Waals surface area contributed by atoms with Crippen LogP contribution in [0.3, 0.4) is 0 Å². The van der Waals surface area contributed by atoms with Crippen LogP contribution in [0.1, 0.15) is 0 Å². The quantitative estimate of drug-likeness (QED) is 0.181. The Hall–Kier alpha value is -7.37. The van der Waals surface area contributed by atoms with E-state index in [1.807, 2.05) is 60.7 Å². The fraction of sp³-hybridized carbons (Fsp3) is 0. The SMILES string of the molecule is c1ccc(-c2nc(-c3ccccc3)nc(-c3ccc(-n4c5ccccc5c5cc6c(cc54)c4c5ccccc5ccc4n6-c4ccccc4)cc3)n2)cc1. The molecular formula is C49H31N5. The Bertz CT molecular complexity index is 3120. The highest BCUT2D eigenvalue weighted by molar-refractivity contribution is 6.25. The minimum Gasteiger partial charge on any atom is -0.309 e. The lowest BCUT2D eigenvalue weighted by molar-refractivity contribution is 1.07. The van der Waals surface area contributed by atoms with Crippen LogP contribution in [0.5, 0.6) is 0 Å². The van der Waals surface area contributed by atoms with Crippen molar-refractivity contribution < 1.29 is 0 Å². The maximum Gasteiger partial charge on any atom is 0.164 e. The van der Waals surface area contributed by atoms with Gasteiger partial charge in [-0.05, 0) is 71.4 Å². The molecule has 5 heteroatoms. The number of nitrogens with zero attached hydrogens (tertiary/aromatic N) is 5. The van der Waals surface area contributed by atoms with Gasteiger partial charge >= 0.3 is 0 Å². The topological polar surface area (TPSA) is 48.5 Å². The predicted octanol–water partition coefficient (Wildman–Crippen LogP) is 12.2. The predicted molar refractivity (Wildman–Crippen MR) is 222 cm³/mol. The standard InChI is InChI=1S/C49H31N5/c1-4-15-33(16-5-1)47-50-48(34-17-6-2-7-18-34)52-49(51-47)35-24-27-37(28-25-35)53-42-23-13-12-22-39(42)40-30-45-41(31-44(40)53)46-38-21-11-10-14-32(38)26-29-43(46)54(45)36-19-8-3-9-20-36/h1-31H. The number of hydrogen-bond acceptors (Lipinski definition) is 3. The van der Waals surface area contributed by atoms with Crippen molar-refractivity contribution in [2.45, 2.75) is 0 Å². The molecule has 0 saturated carbocycles. The second-order valence-electron chi connectivity index (χ2n) is 13.7. The van der Waals surface area contributed by atoms with E-state index in [1.165, 1.54) is 43.4 Å². The number of rotatable bonds is 5. The minimum absolute atomic E-state index is 0.638. The molecule has 0 amide bonds. The molecule has 0 spiro atoms. The van der Waals surface area contributed by atoms with Crippen molar-refractivity contribution in [2.75, 3.05) is 0 Å². The number of hydrogen-bond donors (Lipinski definition) is 0. The van der Waals surface area contributed by atoms with Crippen LogP contribution in [-0.2, 0) is 0 Å². The van der Waals surface area contributed by atoms with Crippen molar-refractivity contribution >= 4 is 54.4 Å². The summed E-state index contributed by atoms with van der Waals surface area (Å²) in [6.45, 7) is 0. The monoisotopic (exact) mass is 689 g/mol. The molecule has 0 radical (unpaired) electrons. The first-order valence-corrected chi connectivity index (χ1v) is 18.2. The van der Waals surface area contributed by atoms with Crippen LogP contribution < -0.4 is 0 Å². The molecule has 0 aliphatic carbocycles. The van der Waals surface area contributed by atoms with Gasteiger partial charge < -0.3 is 9.13 Å². The van der Waals surface area contributed by atoms with E-state index in [2.05, 4.69) is 137 Å². The van der Waals surface area contributed by atoms with E-state index in [0.29, 0.717) is 17.5 Å². The Morgan fingerprint density at radius 2 is 0.778 bits per heavy atom. The molecule has 0 atom stereocenters. The van der Waals surface area contributed by atoms with Crippen LogP contribution in [0, 0.1) is 0 Å². The van der Waals surface area contributed by atoms with Crippen LogP contribution in [0.2, 0.25) is 0 Å². The molecule has 0 aliphatic rings. The van der Waals surface area contributed by atoms with Gasteiger partial charge in [0.2, 0.25) is 0 Å². The maximum absolute atomic E-state index is 4.98. The first-order valence-electron chi connectivity index (χ1n) is 18.2. The van der Waals surface area contributed by atoms with E-state index >= 15 is 0 Å². The molecule has 0 unspecified atom stereocenters. The fourth-order valence-corrected chi connectivity index (χ4v) is 8.08. The highest BCUT2D eigenvalue weighted by Crippen LogP contribution is 2.42. The zero-order valence-electron chi connectivity index (χ0n) is 29.1. The highest BCUT2D eigenvalue weighted by Gasteiger charge is 2.20. The molecule has 0 saturated heterocycles. The largest absolute Gasteiger partial charge is 0.309 e. The van der Waals surface area contributed by atoms with E-state index in [9.17, 15) is 0 Å². The lowest BCUT2D eigenvalue weighted by atomic mass is 10.0. The molecule has 252 valence electrons. The smallest absolute Gasteiger partial charge is 0.164 e. The normalized spacial score (nSPS) is 11.7. The molecule has 0 aliphatic heterocycles. The molecule has 8 aromatic carbocycles. The second kappa shape index (κ2) is 12.1. The summed E-state index contributed by atoms with van der Waals surface area (Å²) in [5.41, 5.74) is 9.76. The Balaban J connectivity index is 1.13. The molecule has 0 N–H and O–H groups in total. The van der Waals surface area contributed by atoms with Gasteiger partial charge in [-0.15, -0.1) is 0 Å². The number of benzene rings is 8. The van der Waals surface area contributed by atoms with Gasteiger partial charge in [0, 0.05) is 49.6 Å². The van der Waals surface area contributed by atoms with Crippen LogP contribution in [0.15, 0.2) is 188 Å². The van der Waals surface area contributed by atoms with Crippen LogP contribution in [-0.4, -0.2) is 24.1 Å². The third-order valence-electron chi connectivity index (χ3n) is 10.5. The molecule has 0 bridgehead atoms. The summed E-state index contributed by atoms with van der Waals surface area (Å²) in [6.07, 6.45) is 0. The van der Waals surface area contributed by atoms with Gasteiger partial charge in [-0.3, -0.25) is 0 Å². The summed E-state index contributed by atoms with van der Waals surface area (Å²) in [6, 6.07) is 66.3. The summed E-state index contributed by atoms with van der Waals surface area (Å²) in [4.78, 5) is 14.8. The van der Waals surface area contributed by atoms with E-state index in [1.54, 1.807) is 0 Å². The van der Waals surface area contributed by atoms with Crippen molar-refractivity contribution in [2.24, 2.45) is 0 Å². The number of para-hydroxylation sites is 2. The van der Waals surface area contributed by atoms with E-state index in [0.717, 1.165) is 39.1 Å². The maximum atomic E-state index is 4.98. The van der Waals surface area contributed by atoms with Crippen LogP contribution in [0.4, 0.5) is 0 Å². The van der Waals surface area contributed by atoms with Crippen LogP contribution in [0.25, 0.3) is 99.9 Å². The van der Waals surface area contributed by atoms with Crippen molar-refractivity contribution in [3.05, 3.63) is 188 Å². The summed E-state index contributed by atoms with van der Waals surface area (Å²) in [5.74, 6) is 1.94. The summed E-state index contributed by atoms with van der Waals surface area (Å²) in [5, 5.41) is 7.40.